The molecule has 2 unspecified atom stereocenters. The van der Waals surface area contributed by atoms with Crippen LogP contribution in [0.3, 0.4) is 0 Å². The molecule has 0 spiro atoms. The number of aliphatic hydroxyl groups is 1. The number of phosphoric acid groups is 3. The fourth-order valence-electron chi connectivity index (χ4n) is 2.82. The summed E-state index contributed by atoms with van der Waals surface area (Å²) in [7, 11) is -16.4. The third-order valence-corrected chi connectivity index (χ3v) is 7.72. The monoisotopic (exact) mass is 490 g/mol. The molecule has 1 fully saturated rings. The van der Waals surface area contributed by atoms with Crippen molar-refractivity contribution < 1.29 is 56.3 Å². The number of nitrogens with two attached hydrogens (primary N) is 1. The number of rotatable bonds is 8. The predicted octanol–water partition coefficient (Wildman–Crippen LogP) is -0.369. The van der Waals surface area contributed by atoms with Gasteiger partial charge in [-0.25, -0.2) is 23.2 Å². The fourth-order valence-corrected chi connectivity index (χ4v) is 5.87. The quantitative estimate of drug-likeness (QED) is 0.258. The number of hydrogen-bond donors (Lipinski definition) is 6. The predicted molar refractivity (Wildman–Crippen MR) is 95.5 cm³/mol. The molecule has 1 saturated heterocycles. The van der Waals surface area contributed by atoms with Crippen LogP contribution in [0.15, 0.2) is 18.5 Å². The lowest BCUT2D eigenvalue weighted by molar-refractivity contribution is 0.00868. The summed E-state index contributed by atoms with van der Waals surface area (Å²) in [4.78, 5) is 39.4. The lowest BCUT2D eigenvalue weighted by Gasteiger charge is -2.20. The first-order chi connectivity index (χ1) is 13.7. The molecule has 7 N–H and O–H groups in total. The van der Waals surface area contributed by atoms with Gasteiger partial charge in [-0.2, -0.15) is 13.7 Å². The van der Waals surface area contributed by atoms with Crippen LogP contribution in [-0.4, -0.2) is 58.6 Å². The molecule has 1 aliphatic rings. The highest BCUT2D eigenvalue weighted by Gasteiger charge is 2.45. The molecule has 2 aromatic heterocycles. The zero-order valence-corrected chi connectivity index (χ0v) is 17.5. The zero-order chi connectivity index (χ0) is 22.4. The number of nitrogen functional groups attached to an aromatic ring is 1. The maximum atomic E-state index is 11.8. The molecule has 3 heterocycles. The van der Waals surface area contributed by atoms with Crippen LogP contribution in [0, 0.1) is 0 Å². The highest BCUT2D eigenvalue weighted by Crippen LogP contribution is 2.66. The number of nitrogens with zero attached hydrogens (tertiary/aromatic N) is 3. The van der Waals surface area contributed by atoms with Gasteiger partial charge in [0.25, 0.3) is 0 Å². The van der Waals surface area contributed by atoms with E-state index in [1.165, 1.54) is 10.8 Å². The molecule has 2 aromatic rings. The first-order valence-electron chi connectivity index (χ1n) is 7.91. The number of fused-ring (bicyclic) bond motifs is 1. The van der Waals surface area contributed by atoms with Crippen LogP contribution in [0.4, 0.5) is 5.82 Å². The first kappa shape index (κ1) is 23.4. The topological polar surface area (TPSA) is 245 Å². The van der Waals surface area contributed by atoms with E-state index < -0.39 is 41.8 Å². The minimum Gasteiger partial charge on any atom is -0.382 e. The summed E-state index contributed by atoms with van der Waals surface area (Å²) >= 11 is 0. The van der Waals surface area contributed by atoms with Crippen LogP contribution in [0.5, 0.6) is 0 Å². The van der Waals surface area contributed by atoms with Crippen molar-refractivity contribution in [2.75, 3.05) is 18.9 Å². The zero-order valence-electron chi connectivity index (χ0n) is 14.8. The molecule has 0 bridgehead atoms. The molecule has 0 saturated carbocycles. The van der Waals surface area contributed by atoms with E-state index in [0.29, 0.717) is 11.2 Å². The van der Waals surface area contributed by atoms with Crippen molar-refractivity contribution in [1.29, 1.82) is 0 Å². The molecule has 16 nitrogen and oxygen atoms in total. The van der Waals surface area contributed by atoms with Crippen LogP contribution in [-0.2, 0) is 37.2 Å². The Bertz CT molecular complexity index is 1090. The van der Waals surface area contributed by atoms with Gasteiger partial charge in [-0.1, -0.05) is 0 Å². The molecule has 1 aliphatic heterocycles. The van der Waals surface area contributed by atoms with Gasteiger partial charge in [-0.05, 0) is 12.1 Å². The van der Waals surface area contributed by atoms with Gasteiger partial charge in [0.2, 0.25) is 0 Å². The summed E-state index contributed by atoms with van der Waals surface area (Å²) in [6, 6.07) is 3.14. The van der Waals surface area contributed by atoms with Crippen LogP contribution >= 0.6 is 23.5 Å². The second kappa shape index (κ2) is 8.02. The van der Waals surface area contributed by atoms with E-state index in [1.807, 2.05) is 0 Å². The van der Waals surface area contributed by atoms with Gasteiger partial charge in [0.15, 0.2) is 5.82 Å². The van der Waals surface area contributed by atoms with Gasteiger partial charge in [-0.15, -0.1) is 0 Å². The largest absolute Gasteiger partial charge is 0.490 e. The summed E-state index contributed by atoms with van der Waals surface area (Å²) in [5.74, 6) is 0.183. The van der Waals surface area contributed by atoms with Crippen LogP contribution < -0.4 is 5.73 Å². The highest BCUT2D eigenvalue weighted by atomic mass is 31.3. The molecule has 4 atom stereocenters. The number of phosphoric ester groups is 1. The summed E-state index contributed by atoms with van der Waals surface area (Å²) in [5.41, 5.74) is 4.93. The minimum absolute atomic E-state index is 0.126. The molecule has 0 aliphatic carbocycles. The lowest BCUT2D eigenvalue weighted by Crippen LogP contribution is -2.29. The maximum absolute atomic E-state index is 11.8. The third kappa shape index (κ3) is 5.51. The van der Waals surface area contributed by atoms with Crippen molar-refractivity contribution in [3.8, 4) is 0 Å². The molecule has 0 amide bonds. The first-order valence-corrected chi connectivity index (χ1v) is 12.4. The second-order valence-corrected chi connectivity index (χ2v) is 10.6. The summed E-state index contributed by atoms with van der Waals surface area (Å²) < 4.78 is 52.1. The van der Waals surface area contributed by atoms with Gasteiger partial charge in [0, 0.05) is 6.42 Å². The van der Waals surface area contributed by atoms with Gasteiger partial charge in [0.1, 0.15) is 17.4 Å². The average Bonchev–Trinajstić information content (AvgIpc) is 3.15. The molecule has 19 heteroatoms. The number of aromatic nitrogens is 3. The van der Waals surface area contributed by atoms with E-state index in [0.717, 1.165) is 0 Å². The van der Waals surface area contributed by atoms with Gasteiger partial charge in [-0.3, -0.25) is 4.52 Å². The van der Waals surface area contributed by atoms with Gasteiger partial charge < -0.3 is 35.2 Å². The van der Waals surface area contributed by atoms with E-state index >= 15 is 0 Å². The Labute approximate surface area is 167 Å². The molecule has 30 heavy (non-hydrogen) atoms. The standard InChI is InChI=1S/C11H17N4O12P3/c12-10-8-1-2-9(15(8)14-6-13-10)11(16)3-7(24-5-11)4-25-29(20,21)27-30(22,23)26-28(17,18)19/h1-2,6-7,16H,3-5H2,(H,20,21)(H,22,23)(H2,12,13,14)(H2,17,18,19)/t7-,11-/m0/s1. The summed E-state index contributed by atoms with van der Waals surface area (Å²) in [6.45, 7) is -0.917. The van der Waals surface area contributed by atoms with Crippen LogP contribution in [0.1, 0.15) is 12.1 Å². The Kier molecular flexibility index (Phi) is 6.26. The molecule has 168 valence electrons. The number of anilines is 1. The number of hydrogen-bond acceptors (Lipinski definition) is 11. The Morgan fingerprint density at radius 2 is 1.90 bits per heavy atom. The van der Waals surface area contributed by atoms with Gasteiger partial charge >= 0.3 is 23.5 Å². The SMILES string of the molecule is Nc1ncnn2c([C@@]3(O)CO[C@H](COP(=O)(O)OP(=O)(O)OP(=O)(O)O)C3)ccc12. The Morgan fingerprint density at radius 3 is 2.57 bits per heavy atom. The maximum Gasteiger partial charge on any atom is 0.490 e. The molecule has 0 radical (unpaired) electrons. The van der Waals surface area contributed by atoms with Crippen molar-refractivity contribution in [3.63, 3.8) is 0 Å². The van der Waals surface area contributed by atoms with E-state index in [1.54, 1.807) is 12.1 Å². The van der Waals surface area contributed by atoms with Crippen LogP contribution in [0.2, 0.25) is 0 Å². The highest BCUT2D eigenvalue weighted by molar-refractivity contribution is 7.66. The van der Waals surface area contributed by atoms with Crippen molar-refractivity contribution in [2.45, 2.75) is 18.1 Å². The van der Waals surface area contributed by atoms with Crippen molar-refractivity contribution in [3.05, 3.63) is 24.2 Å². The van der Waals surface area contributed by atoms with Crippen molar-refractivity contribution in [2.24, 2.45) is 0 Å². The molecule has 3 rings (SSSR count). The van der Waals surface area contributed by atoms with Crippen LogP contribution in [0.25, 0.3) is 5.52 Å². The summed E-state index contributed by atoms with van der Waals surface area (Å²) in [6.07, 6.45) is 0.112. The molecular formula is C11H17N4O12P3. The number of ether oxygens (including phenoxy) is 1. The minimum atomic E-state index is -5.61. The third-order valence-electron chi connectivity index (χ3n) is 3.92. The Balaban J connectivity index is 1.64. The molecular weight excluding hydrogens is 473 g/mol. The Hall–Kier alpha value is -1.25. The van der Waals surface area contributed by atoms with Crippen molar-refractivity contribution >= 4 is 34.8 Å². The van der Waals surface area contributed by atoms with Gasteiger partial charge in [0.05, 0.1) is 25.0 Å². The summed E-state index contributed by atoms with van der Waals surface area (Å²) in [5, 5.41) is 14.9. The van der Waals surface area contributed by atoms with E-state index in [9.17, 15) is 23.7 Å². The lowest BCUT2D eigenvalue weighted by atomic mass is 9.96. The van der Waals surface area contributed by atoms with E-state index in [4.69, 9.17) is 25.2 Å². The normalized spacial score (nSPS) is 26.5. The van der Waals surface area contributed by atoms with E-state index in [-0.39, 0.29) is 18.8 Å². The Morgan fingerprint density at radius 1 is 1.20 bits per heavy atom. The second-order valence-electron chi connectivity index (χ2n) is 6.22. The average molecular weight is 490 g/mol. The van der Waals surface area contributed by atoms with Crippen molar-refractivity contribution in [1.82, 2.24) is 14.6 Å². The molecule has 0 aromatic carbocycles. The smallest absolute Gasteiger partial charge is 0.382 e. The van der Waals surface area contributed by atoms with E-state index in [2.05, 4.69) is 23.2 Å². The fraction of sp³-hybridized carbons (Fsp3) is 0.455.